The average molecular weight is 276 g/mol. The predicted octanol–water partition coefficient (Wildman–Crippen LogP) is 3.05. The number of fused-ring (bicyclic) bond motifs is 1. The first-order valence-corrected chi connectivity index (χ1v) is 6.78. The number of benzene rings is 1. The van der Waals surface area contributed by atoms with Gasteiger partial charge in [-0.1, -0.05) is 0 Å². The summed E-state index contributed by atoms with van der Waals surface area (Å²) in [6, 6.07) is 6.51. The van der Waals surface area contributed by atoms with Crippen molar-refractivity contribution in [1.29, 1.82) is 0 Å². The highest BCUT2D eigenvalue weighted by molar-refractivity contribution is 7.19. The lowest BCUT2D eigenvalue weighted by atomic mass is 10.2. The molecular weight excluding hydrogens is 263 g/mol. The summed E-state index contributed by atoms with van der Waals surface area (Å²) in [5.74, 6) is 0.576. The van der Waals surface area contributed by atoms with Crippen LogP contribution in [-0.2, 0) is 13.5 Å². The standard InChI is InChI=1S/C14H13FN2OS/c1-17-5-4-16-14(17)8-11(18)13-7-9-6-10(15)2-3-12(9)19-13/h2-7,11,18H,8H2,1H3. The van der Waals surface area contributed by atoms with Gasteiger partial charge in [0, 0.05) is 35.4 Å². The van der Waals surface area contributed by atoms with Crippen molar-refractivity contribution in [3.05, 3.63) is 53.2 Å². The Hall–Kier alpha value is -1.72. The molecule has 5 heteroatoms. The van der Waals surface area contributed by atoms with E-state index in [1.54, 1.807) is 12.3 Å². The molecule has 0 bridgehead atoms. The van der Waals surface area contributed by atoms with E-state index in [4.69, 9.17) is 0 Å². The number of thiophene rings is 1. The summed E-state index contributed by atoms with van der Waals surface area (Å²) in [6.45, 7) is 0. The molecule has 1 aromatic carbocycles. The van der Waals surface area contributed by atoms with Gasteiger partial charge in [0.1, 0.15) is 11.6 Å². The highest BCUT2D eigenvalue weighted by Gasteiger charge is 2.14. The van der Waals surface area contributed by atoms with Crippen LogP contribution in [0, 0.1) is 5.82 Å². The molecule has 0 saturated carbocycles. The summed E-state index contributed by atoms with van der Waals surface area (Å²) in [7, 11) is 1.90. The predicted molar refractivity (Wildman–Crippen MR) is 73.7 cm³/mol. The largest absolute Gasteiger partial charge is 0.387 e. The van der Waals surface area contributed by atoms with Gasteiger partial charge < -0.3 is 9.67 Å². The molecule has 2 aromatic heterocycles. The molecule has 1 atom stereocenters. The third-order valence-electron chi connectivity index (χ3n) is 3.12. The summed E-state index contributed by atoms with van der Waals surface area (Å²) < 4.78 is 16.0. The molecule has 19 heavy (non-hydrogen) atoms. The molecule has 0 fully saturated rings. The molecule has 0 saturated heterocycles. The third kappa shape index (κ3) is 2.39. The zero-order chi connectivity index (χ0) is 13.4. The first kappa shape index (κ1) is 12.3. The van der Waals surface area contributed by atoms with Crippen molar-refractivity contribution in [1.82, 2.24) is 9.55 Å². The van der Waals surface area contributed by atoms with Crippen LogP contribution >= 0.6 is 11.3 Å². The zero-order valence-electron chi connectivity index (χ0n) is 10.4. The van der Waals surface area contributed by atoms with Crippen LogP contribution in [0.3, 0.4) is 0 Å². The topological polar surface area (TPSA) is 38.0 Å². The maximum Gasteiger partial charge on any atom is 0.123 e. The van der Waals surface area contributed by atoms with Gasteiger partial charge in [-0.2, -0.15) is 0 Å². The Kier molecular flexibility index (Phi) is 3.08. The van der Waals surface area contributed by atoms with Crippen molar-refractivity contribution in [2.75, 3.05) is 0 Å². The monoisotopic (exact) mass is 276 g/mol. The lowest BCUT2D eigenvalue weighted by Crippen LogP contribution is -2.05. The second-order valence-electron chi connectivity index (χ2n) is 4.51. The summed E-state index contributed by atoms with van der Waals surface area (Å²) in [4.78, 5) is 5.03. The van der Waals surface area contributed by atoms with Crippen molar-refractivity contribution < 1.29 is 9.50 Å². The van der Waals surface area contributed by atoms with E-state index in [1.165, 1.54) is 23.5 Å². The van der Waals surface area contributed by atoms with E-state index >= 15 is 0 Å². The second kappa shape index (κ2) is 4.75. The van der Waals surface area contributed by atoms with Crippen LogP contribution in [0.15, 0.2) is 36.7 Å². The number of aliphatic hydroxyl groups excluding tert-OH is 1. The van der Waals surface area contributed by atoms with Gasteiger partial charge in [-0.05, 0) is 29.7 Å². The van der Waals surface area contributed by atoms with E-state index in [0.717, 1.165) is 20.8 Å². The highest BCUT2D eigenvalue weighted by Crippen LogP contribution is 2.31. The highest BCUT2D eigenvalue weighted by atomic mass is 32.1. The van der Waals surface area contributed by atoms with Crippen LogP contribution < -0.4 is 0 Å². The van der Waals surface area contributed by atoms with E-state index in [9.17, 15) is 9.50 Å². The molecule has 1 unspecified atom stereocenters. The molecule has 0 aliphatic rings. The molecule has 0 spiro atoms. The van der Waals surface area contributed by atoms with Crippen LogP contribution in [0.25, 0.3) is 10.1 Å². The molecular formula is C14H13FN2OS. The molecule has 0 aliphatic heterocycles. The molecule has 3 aromatic rings. The first-order valence-electron chi connectivity index (χ1n) is 5.97. The molecule has 0 radical (unpaired) electrons. The molecule has 0 aliphatic carbocycles. The van der Waals surface area contributed by atoms with Crippen LogP contribution in [0.4, 0.5) is 4.39 Å². The fourth-order valence-corrected chi connectivity index (χ4v) is 3.10. The number of halogens is 1. The van der Waals surface area contributed by atoms with Crippen molar-refractivity contribution in [2.24, 2.45) is 7.05 Å². The number of aryl methyl sites for hydroxylation is 1. The third-order valence-corrected chi connectivity index (χ3v) is 4.34. The summed E-state index contributed by atoms with van der Waals surface area (Å²) in [5.41, 5.74) is 0. The molecule has 2 heterocycles. The zero-order valence-corrected chi connectivity index (χ0v) is 11.2. The van der Waals surface area contributed by atoms with Gasteiger partial charge >= 0.3 is 0 Å². The Labute approximate surface area is 114 Å². The lowest BCUT2D eigenvalue weighted by Gasteiger charge is -2.07. The maximum atomic E-state index is 13.1. The summed E-state index contributed by atoms with van der Waals surface area (Å²) in [5, 5.41) is 11.1. The fourth-order valence-electron chi connectivity index (χ4n) is 2.07. The van der Waals surface area contributed by atoms with E-state index in [2.05, 4.69) is 4.98 Å². The number of imidazole rings is 1. The van der Waals surface area contributed by atoms with Crippen LogP contribution in [0.5, 0.6) is 0 Å². The Morgan fingerprint density at radius 1 is 1.42 bits per heavy atom. The Morgan fingerprint density at radius 2 is 2.26 bits per heavy atom. The SMILES string of the molecule is Cn1ccnc1CC(O)c1cc2cc(F)ccc2s1. The second-order valence-corrected chi connectivity index (χ2v) is 5.62. The average Bonchev–Trinajstić information content (AvgIpc) is 2.96. The smallest absolute Gasteiger partial charge is 0.123 e. The number of hydrogen-bond donors (Lipinski definition) is 1. The molecule has 0 amide bonds. The lowest BCUT2D eigenvalue weighted by molar-refractivity contribution is 0.179. The van der Waals surface area contributed by atoms with E-state index < -0.39 is 6.10 Å². The number of aromatic nitrogens is 2. The minimum atomic E-state index is -0.610. The Morgan fingerprint density at radius 3 is 3.00 bits per heavy atom. The number of nitrogens with zero attached hydrogens (tertiary/aromatic N) is 2. The van der Waals surface area contributed by atoms with Gasteiger partial charge in [-0.3, -0.25) is 0 Å². The minimum absolute atomic E-state index is 0.254. The Bertz CT molecular complexity index is 719. The minimum Gasteiger partial charge on any atom is -0.387 e. The molecule has 3 nitrogen and oxygen atoms in total. The number of hydrogen-bond acceptors (Lipinski definition) is 3. The van der Waals surface area contributed by atoms with E-state index in [1.807, 2.05) is 23.9 Å². The first-order chi connectivity index (χ1) is 9.13. The number of aliphatic hydroxyl groups is 1. The van der Waals surface area contributed by atoms with Gasteiger partial charge in [0.2, 0.25) is 0 Å². The van der Waals surface area contributed by atoms with Crippen LogP contribution in [-0.4, -0.2) is 14.7 Å². The van der Waals surface area contributed by atoms with Gasteiger partial charge in [0.05, 0.1) is 6.10 Å². The quantitative estimate of drug-likeness (QED) is 0.798. The van der Waals surface area contributed by atoms with Crippen molar-refractivity contribution in [2.45, 2.75) is 12.5 Å². The maximum absolute atomic E-state index is 13.1. The fraction of sp³-hybridized carbons (Fsp3) is 0.214. The summed E-state index contributed by atoms with van der Waals surface area (Å²) in [6.07, 6.45) is 3.41. The molecule has 98 valence electrons. The van der Waals surface area contributed by atoms with Gasteiger partial charge in [-0.15, -0.1) is 11.3 Å². The summed E-state index contributed by atoms with van der Waals surface area (Å²) >= 11 is 1.49. The van der Waals surface area contributed by atoms with Crippen LogP contribution in [0.2, 0.25) is 0 Å². The van der Waals surface area contributed by atoms with Crippen molar-refractivity contribution in [3.8, 4) is 0 Å². The number of rotatable bonds is 3. The van der Waals surface area contributed by atoms with Gasteiger partial charge in [0.15, 0.2) is 0 Å². The molecule has 1 N–H and O–H groups in total. The van der Waals surface area contributed by atoms with Gasteiger partial charge in [-0.25, -0.2) is 9.37 Å². The van der Waals surface area contributed by atoms with Crippen molar-refractivity contribution in [3.63, 3.8) is 0 Å². The Balaban J connectivity index is 1.89. The van der Waals surface area contributed by atoms with E-state index in [-0.39, 0.29) is 5.82 Å². The van der Waals surface area contributed by atoms with E-state index in [0.29, 0.717) is 6.42 Å². The normalized spacial score (nSPS) is 13.0. The van der Waals surface area contributed by atoms with Gasteiger partial charge in [0.25, 0.3) is 0 Å². The molecule has 3 rings (SSSR count). The van der Waals surface area contributed by atoms with Crippen molar-refractivity contribution >= 4 is 21.4 Å². The van der Waals surface area contributed by atoms with Crippen LogP contribution in [0.1, 0.15) is 16.8 Å².